The van der Waals surface area contributed by atoms with E-state index in [2.05, 4.69) is 4.98 Å². The molecular formula is C15H11N3O4. The number of carbonyl (C=O) groups excluding carboxylic acids is 2. The molecule has 1 aromatic heterocycles. The van der Waals surface area contributed by atoms with Crippen molar-refractivity contribution in [2.45, 2.75) is 13.8 Å². The lowest BCUT2D eigenvalue weighted by Crippen LogP contribution is -2.30. The summed E-state index contributed by atoms with van der Waals surface area (Å²) in [5.74, 6) is -1.14. The van der Waals surface area contributed by atoms with Gasteiger partial charge in [0.15, 0.2) is 0 Å². The van der Waals surface area contributed by atoms with Gasteiger partial charge in [-0.3, -0.25) is 19.7 Å². The Bertz CT molecular complexity index is 824. The molecule has 1 aliphatic rings. The Kier molecular flexibility index (Phi) is 2.98. The number of imide groups is 1. The summed E-state index contributed by atoms with van der Waals surface area (Å²) >= 11 is 0. The number of nitro groups is 1. The number of rotatable bonds is 2. The molecule has 0 spiro atoms. The van der Waals surface area contributed by atoms with E-state index in [4.69, 9.17) is 0 Å². The summed E-state index contributed by atoms with van der Waals surface area (Å²) in [7, 11) is 0. The van der Waals surface area contributed by atoms with E-state index in [1.54, 1.807) is 13.0 Å². The predicted molar refractivity (Wildman–Crippen MR) is 77.9 cm³/mol. The molecule has 0 N–H and O–H groups in total. The van der Waals surface area contributed by atoms with Gasteiger partial charge in [0.2, 0.25) is 0 Å². The number of fused-ring (bicyclic) bond motifs is 1. The maximum Gasteiger partial charge on any atom is 0.283 e. The van der Waals surface area contributed by atoms with Crippen LogP contribution in [0.1, 0.15) is 32.0 Å². The Balaban J connectivity index is 2.18. The minimum absolute atomic E-state index is 0.0279. The largest absolute Gasteiger partial charge is 0.283 e. The van der Waals surface area contributed by atoms with Crippen LogP contribution in [0.15, 0.2) is 30.3 Å². The molecular weight excluding hydrogens is 286 g/mol. The van der Waals surface area contributed by atoms with Crippen molar-refractivity contribution >= 4 is 23.3 Å². The third-order valence-electron chi connectivity index (χ3n) is 3.40. The molecule has 0 bridgehead atoms. The normalized spacial score (nSPS) is 13.5. The van der Waals surface area contributed by atoms with Crippen molar-refractivity contribution in [3.8, 4) is 0 Å². The molecule has 7 nitrogen and oxygen atoms in total. The zero-order valence-corrected chi connectivity index (χ0v) is 11.9. The highest BCUT2D eigenvalue weighted by molar-refractivity contribution is 6.35. The molecule has 0 radical (unpaired) electrons. The fraction of sp³-hybridized carbons (Fsp3) is 0.133. The number of carbonyl (C=O) groups is 2. The van der Waals surface area contributed by atoms with Gasteiger partial charge in [0.25, 0.3) is 17.5 Å². The lowest BCUT2D eigenvalue weighted by Gasteiger charge is -2.13. The highest BCUT2D eigenvalue weighted by Gasteiger charge is 2.42. The van der Waals surface area contributed by atoms with Gasteiger partial charge in [-0.15, -0.1) is 0 Å². The number of nitrogens with zero attached hydrogens (tertiary/aromatic N) is 3. The molecule has 0 atom stereocenters. The lowest BCUT2D eigenvalue weighted by molar-refractivity contribution is -0.385. The number of hydrogen-bond acceptors (Lipinski definition) is 5. The zero-order valence-electron chi connectivity index (χ0n) is 11.9. The molecule has 2 aromatic rings. The van der Waals surface area contributed by atoms with Gasteiger partial charge in [0.1, 0.15) is 11.4 Å². The van der Waals surface area contributed by atoms with Crippen molar-refractivity contribution in [2.75, 3.05) is 4.90 Å². The first-order valence-electron chi connectivity index (χ1n) is 6.51. The van der Waals surface area contributed by atoms with E-state index in [9.17, 15) is 19.7 Å². The number of amides is 2. The van der Waals surface area contributed by atoms with Gasteiger partial charge < -0.3 is 0 Å². The molecule has 0 unspecified atom stereocenters. The van der Waals surface area contributed by atoms with E-state index in [1.165, 1.54) is 18.2 Å². The summed E-state index contributed by atoms with van der Waals surface area (Å²) in [6.07, 6.45) is 0. The van der Waals surface area contributed by atoms with Gasteiger partial charge in [0.05, 0.1) is 10.5 Å². The van der Waals surface area contributed by atoms with Crippen LogP contribution in [-0.2, 0) is 0 Å². The van der Waals surface area contributed by atoms with E-state index in [0.717, 1.165) is 10.5 Å². The fourth-order valence-corrected chi connectivity index (χ4v) is 2.56. The van der Waals surface area contributed by atoms with Gasteiger partial charge in [-0.2, -0.15) is 0 Å². The summed E-state index contributed by atoms with van der Waals surface area (Å²) < 4.78 is 0. The van der Waals surface area contributed by atoms with Crippen LogP contribution < -0.4 is 4.90 Å². The smallest absolute Gasteiger partial charge is 0.268 e. The van der Waals surface area contributed by atoms with Gasteiger partial charge >= 0.3 is 0 Å². The first kappa shape index (κ1) is 13.9. The third kappa shape index (κ3) is 1.95. The van der Waals surface area contributed by atoms with Crippen molar-refractivity contribution in [1.29, 1.82) is 0 Å². The summed E-state index contributed by atoms with van der Waals surface area (Å²) in [6.45, 7) is 3.57. The first-order valence-corrected chi connectivity index (χ1v) is 6.51. The molecule has 0 saturated carbocycles. The Morgan fingerprint density at radius 3 is 2.50 bits per heavy atom. The predicted octanol–water partition coefficient (Wildman–Crippen LogP) is 2.41. The lowest BCUT2D eigenvalue weighted by atomic mass is 10.1. The number of hydrogen-bond donors (Lipinski definition) is 0. The fourth-order valence-electron chi connectivity index (χ4n) is 2.56. The summed E-state index contributed by atoms with van der Waals surface area (Å²) in [4.78, 5) is 40.4. The van der Waals surface area contributed by atoms with E-state index >= 15 is 0 Å². The monoisotopic (exact) mass is 297 g/mol. The minimum atomic E-state index is -0.718. The number of pyridine rings is 1. The van der Waals surface area contributed by atoms with Crippen molar-refractivity contribution in [2.24, 2.45) is 0 Å². The van der Waals surface area contributed by atoms with Crippen LogP contribution in [0.3, 0.4) is 0 Å². The van der Waals surface area contributed by atoms with Gasteiger partial charge in [-0.1, -0.05) is 6.07 Å². The standard InChI is InChI=1S/C15H11N3O4/c1-8-6-9(2)16-12(7-8)17-14(19)10-4-3-5-11(18(21)22)13(10)15(17)20/h3-7H,1-2H3. The Morgan fingerprint density at radius 2 is 1.86 bits per heavy atom. The van der Waals surface area contributed by atoms with Crippen LogP contribution in [0.4, 0.5) is 11.5 Å². The highest BCUT2D eigenvalue weighted by atomic mass is 16.6. The van der Waals surface area contributed by atoms with Crippen LogP contribution in [0.25, 0.3) is 0 Å². The van der Waals surface area contributed by atoms with E-state index in [1.807, 2.05) is 13.0 Å². The van der Waals surface area contributed by atoms with Crippen LogP contribution in [0.2, 0.25) is 0 Å². The average molecular weight is 297 g/mol. The Labute approximate surface area is 125 Å². The second kappa shape index (κ2) is 4.73. The topological polar surface area (TPSA) is 93.4 Å². The molecule has 7 heteroatoms. The third-order valence-corrected chi connectivity index (χ3v) is 3.40. The van der Waals surface area contributed by atoms with Gasteiger partial charge in [0, 0.05) is 11.8 Å². The van der Waals surface area contributed by atoms with E-state index in [-0.39, 0.29) is 22.6 Å². The van der Waals surface area contributed by atoms with Gasteiger partial charge in [-0.25, -0.2) is 9.88 Å². The number of benzene rings is 1. The van der Waals surface area contributed by atoms with Crippen LogP contribution >= 0.6 is 0 Å². The minimum Gasteiger partial charge on any atom is -0.268 e. The molecule has 2 heterocycles. The van der Waals surface area contributed by atoms with Crippen LogP contribution in [0.5, 0.6) is 0 Å². The number of anilines is 1. The van der Waals surface area contributed by atoms with Crippen LogP contribution in [0, 0.1) is 24.0 Å². The molecule has 0 aliphatic carbocycles. The molecule has 0 saturated heterocycles. The SMILES string of the molecule is Cc1cc(C)nc(N2C(=O)c3cccc([N+](=O)[O-])c3C2=O)c1. The first-order chi connectivity index (χ1) is 10.4. The second-order valence-corrected chi connectivity index (χ2v) is 5.05. The van der Waals surface area contributed by atoms with Crippen LogP contribution in [-0.4, -0.2) is 21.7 Å². The Morgan fingerprint density at radius 1 is 1.14 bits per heavy atom. The maximum atomic E-state index is 12.5. The molecule has 0 fully saturated rings. The molecule has 22 heavy (non-hydrogen) atoms. The Hall–Kier alpha value is -3.09. The zero-order chi connectivity index (χ0) is 16.0. The highest BCUT2D eigenvalue weighted by Crippen LogP contribution is 2.33. The average Bonchev–Trinajstić information content (AvgIpc) is 2.70. The van der Waals surface area contributed by atoms with Crippen molar-refractivity contribution in [3.63, 3.8) is 0 Å². The second-order valence-electron chi connectivity index (χ2n) is 5.05. The maximum absolute atomic E-state index is 12.5. The van der Waals surface area contributed by atoms with E-state index in [0.29, 0.717) is 5.69 Å². The molecule has 1 aromatic carbocycles. The summed E-state index contributed by atoms with van der Waals surface area (Å²) in [6, 6.07) is 7.42. The number of nitro benzene ring substituents is 1. The van der Waals surface area contributed by atoms with E-state index < -0.39 is 16.7 Å². The van der Waals surface area contributed by atoms with Crippen molar-refractivity contribution in [1.82, 2.24) is 4.98 Å². The molecule has 2 amide bonds. The van der Waals surface area contributed by atoms with Crippen molar-refractivity contribution in [3.05, 3.63) is 62.8 Å². The molecule has 110 valence electrons. The summed E-state index contributed by atoms with van der Waals surface area (Å²) in [5.41, 5.74) is 0.968. The number of aryl methyl sites for hydroxylation is 2. The number of aromatic nitrogens is 1. The molecule has 1 aliphatic heterocycles. The quantitative estimate of drug-likeness (QED) is 0.482. The van der Waals surface area contributed by atoms with Crippen molar-refractivity contribution < 1.29 is 14.5 Å². The van der Waals surface area contributed by atoms with Gasteiger partial charge in [-0.05, 0) is 37.6 Å². The molecule has 3 rings (SSSR count). The summed E-state index contributed by atoms with van der Waals surface area (Å²) in [5, 5.41) is 11.1.